The molecule has 10 nitrogen and oxygen atoms in total. The quantitative estimate of drug-likeness (QED) is 0.476. The highest BCUT2D eigenvalue weighted by atomic mass is 32.2. The molecule has 1 amide bonds. The van der Waals surface area contributed by atoms with Crippen LogP contribution < -0.4 is 14.5 Å². The Bertz CT molecular complexity index is 1570. The number of para-hydroxylation sites is 1. The third kappa shape index (κ3) is 5.80. The van der Waals surface area contributed by atoms with E-state index in [9.17, 15) is 21.6 Å². The van der Waals surface area contributed by atoms with Gasteiger partial charge in [0.25, 0.3) is 5.91 Å². The number of anilines is 3. The number of nitrogens with one attached hydrogen (secondary N) is 1. The molecule has 12 heteroatoms. The summed E-state index contributed by atoms with van der Waals surface area (Å²) < 4.78 is 52.8. The SMILES string of the molecule is CN(c1ccccc1C(=O)Nc1ccc(S(=O)(=O)N2CCN(c3ccc(C#N)cc3)CC2)cc1)S(C)(=O)=O. The summed E-state index contributed by atoms with van der Waals surface area (Å²) in [6.45, 7) is 1.65. The molecule has 0 aliphatic carbocycles. The van der Waals surface area contributed by atoms with Gasteiger partial charge < -0.3 is 10.2 Å². The van der Waals surface area contributed by atoms with Crippen molar-refractivity contribution in [2.45, 2.75) is 4.90 Å². The molecular formula is C26H27N5O5S2. The maximum absolute atomic E-state index is 13.2. The summed E-state index contributed by atoms with van der Waals surface area (Å²) in [7, 11) is -5.94. The van der Waals surface area contributed by atoms with Crippen molar-refractivity contribution in [3.63, 3.8) is 0 Å². The Morgan fingerprint density at radius 1 is 0.895 bits per heavy atom. The number of nitriles is 1. The largest absolute Gasteiger partial charge is 0.369 e. The molecule has 3 aromatic rings. The molecule has 1 fully saturated rings. The molecule has 198 valence electrons. The van der Waals surface area contributed by atoms with Gasteiger partial charge in [0.05, 0.1) is 34.0 Å². The number of amides is 1. The normalized spacial score (nSPS) is 14.5. The zero-order valence-electron chi connectivity index (χ0n) is 20.9. The van der Waals surface area contributed by atoms with Gasteiger partial charge in [-0.2, -0.15) is 9.57 Å². The zero-order valence-corrected chi connectivity index (χ0v) is 22.5. The first-order chi connectivity index (χ1) is 18.0. The average Bonchev–Trinajstić information content (AvgIpc) is 2.92. The summed E-state index contributed by atoms with van der Waals surface area (Å²) in [5.41, 5.74) is 2.27. The summed E-state index contributed by atoms with van der Waals surface area (Å²) in [6.07, 6.45) is 1.05. The fraction of sp³-hybridized carbons (Fsp3) is 0.231. The van der Waals surface area contributed by atoms with Crippen LogP contribution in [-0.4, -0.2) is 66.5 Å². The number of hydrogen-bond donors (Lipinski definition) is 1. The Balaban J connectivity index is 1.42. The first kappa shape index (κ1) is 27.1. The van der Waals surface area contributed by atoms with Crippen molar-refractivity contribution in [2.24, 2.45) is 0 Å². The van der Waals surface area contributed by atoms with Crippen molar-refractivity contribution in [3.8, 4) is 6.07 Å². The monoisotopic (exact) mass is 553 g/mol. The van der Waals surface area contributed by atoms with Crippen molar-refractivity contribution < 1.29 is 21.6 Å². The fourth-order valence-electron chi connectivity index (χ4n) is 4.11. The summed E-state index contributed by atoms with van der Waals surface area (Å²) >= 11 is 0. The number of piperazine rings is 1. The molecule has 0 aromatic heterocycles. The lowest BCUT2D eigenvalue weighted by molar-refractivity contribution is 0.102. The first-order valence-electron chi connectivity index (χ1n) is 11.7. The van der Waals surface area contributed by atoms with Gasteiger partial charge in [0, 0.05) is 44.6 Å². The van der Waals surface area contributed by atoms with Crippen LogP contribution in [-0.2, 0) is 20.0 Å². The summed E-state index contributed by atoms with van der Waals surface area (Å²) in [6, 6.07) is 21.5. The second-order valence-corrected chi connectivity index (χ2v) is 12.7. The molecule has 1 aliphatic rings. The Hall–Kier alpha value is -3.92. The number of carbonyl (C=O) groups is 1. The molecule has 1 aliphatic heterocycles. The highest BCUT2D eigenvalue weighted by Crippen LogP contribution is 2.25. The van der Waals surface area contributed by atoms with E-state index in [0.29, 0.717) is 37.4 Å². The average molecular weight is 554 g/mol. The van der Waals surface area contributed by atoms with Gasteiger partial charge in [-0.05, 0) is 60.7 Å². The van der Waals surface area contributed by atoms with E-state index in [1.54, 1.807) is 24.3 Å². The van der Waals surface area contributed by atoms with Gasteiger partial charge in [0.1, 0.15) is 0 Å². The van der Waals surface area contributed by atoms with Crippen LogP contribution in [0.3, 0.4) is 0 Å². The fourth-order valence-corrected chi connectivity index (χ4v) is 6.05. The summed E-state index contributed by atoms with van der Waals surface area (Å²) in [5.74, 6) is -0.523. The number of sulfonamides is 2. The van der Waals surface area contributed by atoms with Gasteiger partial charge >= 0.3 is 0 Å². The number of rotatable bonds is 7. The molecular weight excluding hydrogens is 526 g/mol. The predicted octanol–water partition coefficient (Wildman–Crippen LogP) is 2.72. The molecule has 4 rings (SSSR count). The van der Waals surface area contributed by atoms with Gasteiger partial charge in [0.15, 0.2) is 0 Å². The molecule has 0 bridgehead atoms. The third-order valence-electron chi connectivity index (χ3n) is 6.34. The van der Waals surface area contributed by atoms with Crippen molar-refractivity contribution in [3.05, 3.63) is 83.9 Å². The Kier molecular flexibility index (Phi) is 7.73. The van der Waals surface area contributed by atoms with Gasteiger partial charge in [0.2, 0.25) is 20.0 Å². The van der Waals surface area contributed by atoms with E-state index in [1.807, 2.05) is 12.1 Å². The van der Waals surface area contributed by atoms with Crippen LogP contribution in [0.5, 0.6) is 0 Å². The lowest BCUT2D eigenvalue weighted by atomic mass is 10.1. The van der Waals surface area contributed by atoms with Crippen LogP contribution in [0.2, 0.25) is 0 Å². The van der Waals surface area contributed by atoms with Gasteiger partial charge in [-0.25, -0.2) is 16.8 Å². The maximum Gasteiger partial charge on any atom is 0.257 e. The second kappa shape index (κ2) is 10.8. The van der Waals surface area contributed by atoms with E-state index < -0.39 is 26.0 Å². The van der Waals surface area contributed by atoms with Gasteiger partial charge in [-0.3, -0.25) is 9.10 Å². The molecule has 38 heavy (non-hydrogen) atoms. The number of benzene rings is 3. The second-order valence-electron chi connectivity index (χ2n) is 8.78. The van der Waals surface area contributed by atoms with Gasteiger partial charge in [-0.1, -0.05) is 12.1 Å². The Morgan fingerprint density at radius 2 is 1.50 bits per heavy atom. The molecule has 0 saturated carbocycles. The third-order valence-corrected chi connectivity index (χ3v) is 9.44. The first-order valence-corrected chi connectivity index (χ1v) is 15.0. The minimum absolute atomic E-state index is 0.111. The van der Waals surface area contributed by atoms with E-state index in [1.165, 1.54) is 47.8 Å². The van der Waals surface area contributed by atoms with Crippen molar-refractivity contribution >= 4 is 43.0 Å². The maximum atomic E-state index is 13.2. The summed E-state index contributed by atoms with van der Waals surface area (Å²) in [5, 5.41) is 11.7. The highest BCUT2D eigenvalue weighted by molar-refractivity contribution is 7.92. The van der Waals surface area contributed by atoms with E-state index in [0.717, 1.165) is 16.2 Å². The Labute approximate surface area is 222 Å². The molecule has 0 radical (unpaired) electrons. The molecule has 1 heterocycles. The molecule has 1 N–H and O–H groups in total. The zero-order chi connectivity index (χ0) is 27.5. The number of hydrogen-bond acceptors (Lipinski definition) is 7. The molecule has 0 atom stereocenters. The lowest BCUT2D eigenvalue weighted by Gasteiger charge is -2.35. The van der Waals surface area contributed by atoms with Crippen molar-refractivity contribution in [2.75, 3.05) is 54.0 Å². The van der Waals surface area contributed by atoms with E-state index in [4.69, 9.17) is 5.26 Å². The minimum atomic E-state index is -3.73. The predicted molar refractivity (Wildman–Crippen MR) is 146 cm³/mol. The van der Waals surface area contributed by atoms with Crippen LogP contribution in [0, 0.1) is 11.3 Å². The van der Waals surface area contributed by atoms with E-state index in [2.05, 4.69) is 16.3 Å². The van der Waals surface area contributed by atoms with Crippen LogP contribution >= 0.6 is 0 Å². The number of nitrogens with zero attached hydrogens (tertiary/aromatic N) is 4. The van der Waals surface area contributed by atoms with E-state index >= 15 is 0 Å². The topological polar surface area (TPSA) is 131 Å². The number of carbonyl (C=O) groups excluding carboxylic acids is 1. The summed E-state index contributed by atoms with van der Waals surface area (Å²) in [4.78, 5) is 15.1. The van der Waals surface area contributed by atoms with E-state index in [-0.39, 0.29) is 16.1 Å². The van der Waals surface area contributed by atoms with Gasteiger partial charge in [-0.15, -0.1) is 0 Å². The minimum Gasteiger partial charge on any atom is -0.369 e. The van der Waals surface area contributed by atoms with Crippen LogP contribution in [0.4, 0.5) is 17.1 Å². The van der Waals surface area contributed by atoms with Crippen LogP contribution in [0.15, 0.2) is 77.7 Å². The van der Waals surface area contributed by atoms with Crippen molar-refractivity contribution in [1.29, 1.82) is 5.26 Å². The lowest BCUT2D eigenvalue weighted by Crippen LogP contribution is -2.48. The Morgan fingerprint density at radius 3 is 2.08 bits per heavy atom. The van der Waals surface area contributed by atoms with Crippen LogP contribution in [0.1, 0.15) is 15.9 Å². The molecule has 3 aromatic carbocycles. The molecule has 0 unspecified atom stereocenters. The standard InChI is InChI=1S/C26H27N5O5S2/c1-29(37(2,33)34)25-6-4-3-5-24(25)26(32)28-21-9-13-23(14-10-21)38(35,36)31-17-15-30(16-18-31)22-11-7-20(19-27)8-12-22/h3-14H,15-18H2,1-2H3,(H,28,32). The molecule has 1 saturated heterocycles. The highest BCUT2D eigenvalue weighted by Gasteiger charge is 2.29. The van der Waals surface area contributed by atoms with Crippen LogP contribution in [0.25, 0.3) is 0 Å². The smallest absolute Gasteiger partial charge is 0.257 e. The molecule has 0 spiro atoms. The van der Waals surface area contributed by atoms with Crippen molar-refractivity contribution in [1.82, 2.24) is 4.31 Å².